The highest BCUT2D eigenvalue weighted by Crippen LogP contribution is 2.17. The SMILES string of the molecule is C#Cc1c(C(=O)N2CCC(O)CC2)nn2cccnc12. The third-order valence-electron chi connectivity index (χ3n) is 3.49. The van der Waals surface area contributed by atoms with Gasteiger partial charge >= 0.3 is 0 Å². The minimum atomic E-state index is -0.325. The molecule has 6 nitrogen and oxygen atoms in total. The monoisotopic (exact) mass is 270 g/mol. The average molecular weight is 270 g/mol. The minimum Gasteiger partial charge on any atom is -0.393 e. The number of hydrogen-bond acceptors (Lipinski definition) is 4. The number of aromatic nitrogens is 3. The molecular formula is C14H14N4O2. The molecule has 2 aromatic rings. The van der Waals surface area contributed by atoms with Crippen LogP contribution in [0.1, 0.15) is 28.9 Å². The van der Waals surface area contributed by atoms with Gasteiger partial charge in [-0.15, -0.1) is 6.42 Å². The molecule has 0 atom stereocenters. The van der Waals surface area contributed by atoms with Gasteiger partial charge in [-0.1, -0.05) is 5.92 Å². The van der Waals surface area contributed by atoms with Gasteiger partial charge in [-0.3, -0.25) is 4.79 Å². The van der Waals surface area contributed by atoms with Gasteiger partial charge in [0.25, 0.3) is 5.91 Å². The van der Waals surface area contributed by atoms with Crippen LogP contribution in [0.25, 0.3) is 5.65 Å². The highest BCUT2D eigenvalue weighted by atomic mass is 16.3. The largest absolute Gasteiger partial charge is 0.393 e. The van der Waals surface area contributed by atoms with Crippen molar-refractivity contribution in [3.8, 4) is 12.3 Å². The summed E-state index contributed by atoms with van der Waals surface area (Å²) in [7, 11) is 0. The third kappa shape index (κ3) is 2.02. The summed E-state index contributed by atoms with van der Waals surface area (Å²) in [4.78, 5) is 18.3. The fourth-order valence-corrected chi connectivity index (χ4v) is 2.39. The Morgan fingerprint density at radius 3 is 2.90 bits per heavy atom. The summed E-state index contributed by atoms with van der Waals surface area (Å²) >= 11 is 0. The molecule has 1 fully saturated rings. The topological polar surface area (TPSA) is 70.7 Å². The van der Waals surface area contributed by atoms with Crippen LogP contribution in [0.15, 0.2) is 18.5 Å². The highest BCUT2D eigenvalue weighted by molar-refractivity contribution is 5.96. The number of rotatable bonds is 1. The molecule has 0 aliphatic carbocycles. The van der Waals surface area contributed by atoms with Crippen molar-refractivity contribution in [1.82, 2.24) is 19.5 Å². The summed E-state index contributed by atoms with van der Waals surface area (Å²) in [5.41, 5.74) is 1.18. The minimum absolute atomic E-state index is 0.199. The van der Waals surface area contributed by atoms with E-state index in [0.29, 0.717) is 37.1 Å². The third-order valence-corrected chi connectivity index (χ3v) is 3.49. The van der Waals surface area contributed by atoms with E-state index in [0.717, 1.165) is 0 Å². The van der Waals surface area contributed by atoms with Crippen molar-refractivity contribution in [3.05, 3.63) is 29.7 Å². The summed E-state index contributed by atoms with van der Waals surface area (Å²) in [6, 6.07) is 1.73. The van der Waals surface area contributed by atoms with Crippen molar-refractivity contribution >= 4 is 11.6 Å². The lowest BCUT2D eigenvalue weighted by Gasteiger charge is -2.29. The first-order valence-corrected chi connectivity index (χ1v) is 6.48. The molecular weight excluding hydrogens is 256 g/mol. The van der Waals surface area contributed by atoms with Crippen LogP contribution < -0.4 is 0 Å². The van der Waals surface area contributed by atoms with Crippen LogP contribution in [0.5, 0.6) is 0 Å². The van der Waals surface area contributed by atoms with E-state index in [1.54, 1.807) is 23.4 Å². The molecule has 0 radical (unpaired) electrons. The van der Waals surface area contributed by atoms with Crippen LogP contribution in [-0.4, -0.2) is 49.7 Å². The molecule has 6 heteroatoms. The molecule has 20 heavy (non-hydrogen) atoms. The second kappa shape index (κ2) is 4.94. The van der Waals surface area contributed by atoms with Crippen molar-refractivity contribution in [2.75, 3.05) is 13.1 Å². The first-order valence-electron chi connectivity index (χ1n) is 6.48. The molecule has 3 heterocycles. The number of terminal acetylenes is 1. The summed E-state index contributed by atoms with van der Waals surface area (Å²) in [5, 5.41) is 13.7. The standard InChI is InChI=1S/C14H14N4O2/c1-2-11-12(16-18-7-3-6-15-13(11)18)14(20)17-8-4-10(19)5-9-17/h1,3,6-7,10,19H,4-5,8-9H2. The highest BCUT2D eigenvalue weighted by Gasteiger charge is 2.27. The van der Waals surface area contributed by atoms with E-state index in [2.05, 4.69) is 16.0 Å². The second-order valence-electron chi connectivity index (χ2n) is 4.78. The number of amides is 1. The molecule has 0 spiro atoms. The van der Waals surface area contributed by atoms with Gasteiger partial charge in [0, 0.05) is 25.5 Å². The van der Waals surface area contributed by atoms with E-state index >= 15 is 0 Å². The Labute approximate surface area is 116 Å². The van der Waals surface area contributed by atoms with E-state index in [4.69, 9.17) is 6.42 Å². The Hall–Kier alpha value is -2.39. The van der Waals surface area contributed by atoms with Gasteiger partial charge in [0.05, 0.1) is 6.10 Å². The van der Waals surface area contributed by atoms with Crippen LogP contribution in [0.2, 0.25) is 0 Å². The number of nitrogens with zero attached hydrogens (tertiary/aromatic N) is 4. The number of aliphatic hydroxyl groups is 1. The van der Waals surface area contributed by atoms with Crippen molar-refractivity contribution in [3.63, 3.8) is 0 Å². The Balaban J connectivity index is 1.97. The summed E-state index contributed by atoms with van der Waals surface area (Å²) in [6.07, 6.45) is 9.67. The molecule has 3 rings (SSSR count). The maximum absolute atomic E-state index is 12.5. The Bertz CT molecular complexity index is 693. The number of piperidine rings is 1. The Morgan fingerprint density at radius 2 is 2.20 bits per heavy atom. The van der Waals surface area contributed by atoms with E-state index in [9.17, 15) is 9.90 Å². The predicted molar refractivity (Wildman–Crippen MR) is 72.1 cm³/mol. The van der Waals surface area contributed by atoms with Gasteiger partial charge in [0.1, 0.15) is 5.56 Å². The lowest BCUT2D eigenvalue weighted by atomic mass is 10.1. The van der Waals surface area contributed by atoms with Crippen molar-refractivity contribution in [1.29, 1.82) is 0 Å². The van der Waals surface area contributed by atoms with Crippen LogP contribution in [0.4, 0.5) is 0 Å². The maximum atomic E-state index is 12.5. The molecule has 1 aliphatic rings. The zero-order valence-electron chi connectivity index (χ0n) is 10.9. The molecule has 0 saturated carbocycles. The zero-order valence-corrected chi connectivity index (χ0v) is 10.9. The molecule has 1 aliphatic heterocycles. The number of hydrogen-bond donors (Lipinski definition) is 1. The van der Waals surface area contributed by atoms with Crippen molar-refractivity contribution < 1.29 is 9.90 Å². The molecule has 0 bridgehead atoms. The number of carbonyl (C=O) groups is 1. The smallest absolute Gasteiger partial charge is 0.275 e. The Kier molecular flexibility index (Phi) is 3.12. The van der Waals surface area contributed by atoms with E-state index in [1.165, 1.54) is 4.52 Å². The number of likely N-dealkylation sites (tertiary alicyclic amines) is 1. The molecule has 0 aromatic carbocycles. The van der Waals surface area contributed by atoms with Gasteiger partial charge in [0.2, 0.25) is 0 Å². The van der Waals surface area contributed by atoms with Crippen LogP contribution in [0, 0.1) is 12.3 Å². The summed E-state index contributed by atoms with van der Waals surface area (Å²) in [6.45, 7) is 1.04. The first kappa shape index (κ1) is 12.6. The second-order valence-corrected chi connectivity index (χ2v) is 4.78. The number of aliphatic hydroxyl groups excluding tert-OH is 1. The van der Waals surface area contributed by atoms with Gasteiger partial charge in [-0.2, -0.15) is 5.10 Å². The normalized spacial score (nSPS) is 16.3. The first-order chi connectivity index (χ1) is 9.70. The summed E-state index contributed by atoms with van der Waals surface area (Å²) < 4.78 is 1.52. The summed E-state index contributed by atoms with van der Waals surface area (Å²) in [5.74, 6) is 2.31. The lowest BCUT2D eigenvalue weighted by molar-refractivity contribution is 0.0541. The average Bonchev–Trinajstić information content (AvgIpc) is 2.85. The van der Waals surface area contributed by atoms with E-state index < -0.39 is 0 Å². The maximum Gasteiger partial charge on any atom is 0.275 e. The van der Waals surface area contributed by atoms with Gasteiger partial charge in [-0.25, -0.2) is 9.50 Å². The zero-order chi connectivity index (χ0) is 14.1. The predicted octanol–water partition coefficient (Wildman–Crippen LogP) is 0.307. The molecule has 102 valence electrons. The molecule has 1 amide bonds. The van der Waals surface area contributed by atoms with E-state index in [-0.39, 0.29) is 17.7 Å². The van der Waals surface area contributed by atoms with Gasteiger partial charge in [0.15, 0.2) is 11.3 Å². The van der Waals surface area contributed by atoms with Crippen molar-refractivity contribution in [2.45, 2.75) is 18.9 Å². The van der Waals surface area contributed by atoms with E-state index in [1.807, 2.05) is 0 Å². The van der Waals surface area contributed by atoms with Crippen LogP contribution >= 0.6 is 0 Å². The Morgan fingerprint density at radius 1 is 1.45 bits per heavy atom. The van der Waals surface area contributed by atoms with Crippen LogP contribution in [-0.2, 0) is 0 Å². The number of fused-ring (bicyclic) bond motifs is 1. The lowest BCUT2D eigenvalue weighted by Crippen LogP contribution is -2.40. The van der Waals surface area contributed by atoms with Gasteiger partial charge in [-0.05, 0) is 18.9 Å². The molecule has 1 N–H and O–H groups in total. The molecule has 2 aromatic heterocycles. The molecule has 0 unspecified atom stereocenters. The van der Waals surface area contributed by atoms with Gasteiger partial charge < -0.3 is 10.0 Å². The quantitative estimate of drug-likeness (QED) is 0.757. The van der Waals surface area contributed by atoms with Crippen molar-refractivity contribution in [2.24, 2.45) is 0 Å². The van der Waals surface area contributed by atoms with Crippen LogP contribution in [0.3, 0.4) is 0 Å². The fraction of sp³-hybridized carbons (Fsp3) is 0.357. The number of carbonyl (C=O) groups excluding carboxylic acids is 1. The molecule has 1 saturated heterocycles. The fourth-order valence-electron chi connectivity index (χ4n) is 2.39.